The second-order valence-corrected chi connectivity index (χ2v) is 16.5. The van der Waals surface area contributed by atoms with Crippen molar-refractivity contribution in [3.05, 3.63) is 205 Å². The number of nitrogens with zero attached hydrogens (tertiary/aromatic N) is 4. The molecule has 0 fully saturated rings. The normalized spacial score (nSPS) is 15.8. The van der Waals surface area contributed by atoms with E-state index in [1.54, 1.807) is 0 Å². The van der Waals surface area contributed by atoms with Crippen LogP contribution in [0.15, 0.2) is 192 Å². The first-order valence-corrected chi connectivity index (χ1v) is 21.0. The van der Waals surface area contributed by atoms with Crippen molar-refractivity contribution in [1.82, 2.24) is 14.4 Å². The van der Waals surface area contributed by atoms with Gasteiger partial charge in [-0.15, -0.1) is 0 Å². The zero-order valence-corrected chi connectivity index (χ0v) is 32.8. The van der Waals surface area contributed by atoms with E-state index < -0.39 is 0 Å². The highest BCUT2D eigenvalue weighted by molar-refractivity contribution is 6.23. The van der Waals surface area contributed by atoms with E-state index in [-0.39, 0.29) is 12.0 Å². The van der Waals surface area contributed by atoms with Crippen LogP contribution in [0.2, 0.25) is 0 Å². The van der Waals surface area contributed by atoms with Crippen LogP contribution in [0.25, 0.3) is 100 Å². The summed E-state index contributed by atoms with van der Waals surface area (Å²) in [6, 6.07) is 65.5. The number of fused-ring (bicyclic) bond motifs is 14. The van der Waals surface area contributed by atoms with Crippen LogP contribution < -0.4 is 4.90 Å². The highest BCUT2D eigenvalue weighted by Crippen LogP contribution is 2.53. The molecule has 1 aliphatic carbocycles. The third-order valence-corrected chi connectivity index (χ3v) is 13.3. The summed E-state index contributed by atoms with van der Waals surface area (Å²) in [5, 5.41) is 7.40. The van der Waals surface area contributed by atoms with Gasteiger partial charge in [-0.1, -0.05) is 127 Å². The van der Waals surface area contributed by atoms with Gasteiger partial charge in [-0.25, -0.2) is 9.97 Å². The van der Waals surface area contributed by atoms with Crippen LogP contribution in [0.3, 0.4) is 0 Å². The van der Waals surface area contributed by atoms with Crippen molar-refractivity contribution in [2.45, 2.75) is 12.0 Å². The Morgan fingerprint density at radius 3 is 2.02 bits per heavy atom. The smallest absolute Gasteiger partial charge is 0.160 e. The maximum atomic E-state index is 6.16. The topological polar surface area (TPSA) is 46.6 Å². The Labute approximate surface area is 350 Å². The van der Waals surface area contributed by atoms with Crippen molar-refractivity contribution >= 4 is 77.5 Å². The molecule has 0 saturated heterocycles. The molecule has 12 aromatic rings. The molecule has 4 aromatic heterocycles. The van der Waals surface area contributed by atoms with Crippen LogP contribution in [0.4, 0.5) is 11.4 Å². The van der Waals surface area contributed by atoms with E-state index in [1.807, 2.05) is 30.3 Å². The quantitative estimate of drug-likeness (QED) is 0.178. The number of hydrogen-bond acceptors (Lipinski definition) is 4. The highest BCUT2D eigenvalue weighted by Gasteiger charge is 2.41. The molecule has 1 aliphatic heterocycles. The van der Waals surface area contributed by atoms with Gasteiger partial charge in [0, 0.05) is 66.3 Å². The number of benzene rings is 8. The van der Waals surface area contributed by atoms with E-state index in [0.29, 0.717) is 5.82 Å². The molecule has 5 nitrogen and oxygen atoms in total. The molecule has 5 heterocycles. The fraction of sp³-hybridized carbons (Fsp3) is 0.0357. The molecule has 0 bridgehead atoms. The van der Waals surface area contributed by atoms with Gasteiger partial charge in [0.05, 0.1) is 34.0 Å². The molecule has 0 radical (unpaired) electrons. The first-order chi connectivity index (χ1) is 30.2. The summed E-state index contributed by atoms with van der Waals surface area (Å²) >= 11 is 0. The Morgan fingerprint density at radius 1 is 0.459 bits per heavy atom. The first kappa shape index (κ1) is 32.9. The molecule has 0 N–H and O–H groups in total. The first-order valence-electron chi connectivity index (χ1n) is 21.0. The minimum absolute atomic E-state index is 0.134. The Morgan fingerprint density at radius 2 is 1.15 bits per heavy atom. The summed E-state index contributed by atoms with van der Waals surface area (Å²) in [6.45, 7) is 0. The van der Waals surface area contributed by atoms with Gasteiger partial charge in [-0.05, 0) is 83.4 Å². The molecule has 0 saturated carbocycles. The largest absolute Gasteiger partial charge is 0.456 e. The van der Waals surface area contributed by atoms with E-state index in [9.17, 15) is 0 Å². The van der Waals surface area contributed by atoms with Gasteiger partial charge in [0.1, 0.15) is 11.2 Å². The highest BCUT2D eigenvalue weighted by atomic mass is 16.3. The van der Waals surface area contributed by atoms with Gasteiger partial charge < -0.3 is 13.7 Å². The van der Waals surface area contributed by atoms with Crippen LogP contribution >= 0.6 is 0 Å². The molecule has 2 aliphatic rings. The van der Waals surface area contributed by atoms with Crippen molar-refractivity contribution in [2.24, 2.45) is 0 Å². The van der Waals surface area contributed by atoms with E-state index >= 15 is 0 Å². The second-order valence-electron chi connectivity index (χ2n) is 16.5. The van der Waals surface area contributed by atoms with Crippen LogP contribution in [0.5, 0.6) is 0 Å². The van der Waals surface area contributed by atoms with Gasteiger partial charge in [-0.3, -0.25) is 0 Å². The van der Waals surface area contributed by atoms with Gasteiger partial charge >= 0.3 is 0 Å². The zero-order valence-electron chi connectivity index (χ0n) is 32.8. The molecule has 2 unspecified atom stereocenters. The minimum atomic E-state index is 0.134. The minimum Gasteiger partial charge on any atom is -0.456 e. The summed E-state index contributed by atoms with van der Waals surface area (Å²) in [6.07, 6.45) is 4.77. The van der Waals surface area contributed by atoms with Crippen LogP contribution in [0, 0.1) is 0 Å². The van der Waals surface area contributed by atoms with Crippen molar-refractivity contribution in [2.75, 3.05) is 4.90 Å². The lowest BCUT2D eigenvalue weighted by Crippen LogP contribution is -2.30. The summed E-state index contributed by atoms with van der Waals surface area (Å²) in [7, 11) is 0. The average molecular weight is 779 g/mol. The number of aromatic nitrogens is 3. The van der Waals surface area contributed by atoms with Gasteiger partial charge in [0.25, 0.3) is 0 Å². The molecule has 284 valence electrons. The van der Waals surface area contributed by atoms with Crippen molar-refractivity contribution in [3.8, 4) is 33.9 Å². The van der Waals surface area contributed by atoms with Crippen molar-refractivity contribution in [1.29, 1.82) is 0 Å². The summed E-state index contributed by atoms with van der Waals surface area (Å²) in [5.74, 6) is 0.873. The predicted molar refractivity (Wildman–Crippen MR) is 250 cm³/mol. The summed E-state index contributed by atoms with van der Waals surface area (Å²) in [5.41, 5.74) is 16.8. The van der Waals surface area contributed by atoms with Crippen LogP contribution in [-0.2, 0) is 0 Å². The third-order valence-electron chi connectivity index (χ3n) is 13.3. The monoisotopic (exact) mass is 778 g/mol. The predicted octanol–water partition coefficient (Wildman–Crippen LogP) is 14.2. The SMILES string of the molecule is C1=CC2C(c3cc4c5cccc6c7ccccc7n(c4cc31)c65)c1ccccc1N2c1ccc(-c2cc(-c3ccccc3)nc(-c3ccc4oc5ccccc5c4c3)n2)cc1. The van der Waals surface area contributed by atoms with Crippen molar-refractivity contribution in [3.63, 3.8) is 0 Å². The molecule has 0 spiro atoms. The fourth-order valence-corrected chi connectivity index (χ4v) is 10.6. The number of para-hydroxylation sites is 4. The van der Waals surface area contributed by atoms with E-state index in [4.69, 9.17) is 14.4 Å². The molecular formula is C56H34N4O. The zero-order chi connectivity index (χ0) is 39.8. The Bertz CT molecular complexity index is 3780. The second kappa shape index (κ2) is 12.3. The number of furan rings is 1. The lowest BCUT2D eigenvalue weighted by Gasteiger charge is -2.31. The van der Waals surface area contributed by atoms with Gasteiger partial charge in [-0.2, -0.15) is 0 Å². The third kappa shape index (κ3) is 4.66. The van der Waals surface area contributed by atoms with Crippen LogP contribution in [0.1, 0.15) is 22.6 Å². The van der Waals surface area contributed by atoms with E-state index in [0.717, 1.165) is 55.7 Å². The molecule has 0 amide bonds. The van der Waals surface area contributed by atoms with E-state index in [1.165, 1.54) is 60.5 Å². The Hall–Kier alpha value is -8.02. The Balaban J connectivity index is 0.872. The maximum Gasteiger partial charge on any atom is 0.160 e. The Kier molecular flexibility index (Phi) is 6.61. The lowest BCUT2D eigenvalue weighted by molar-refractivity contribution is 0.669. The number of anilines is 2. The summed E-state index contributed by atoms with van der Waals surface area (Å²) < 4.78 is 8.64. The van der Waals surface area contributed by atoms with Gasteiger partial charge in [0.2, 0.25) is 0 Å². The van der Waals surface area contributed by atoms with Crippen LogP contribution in [-0.4, -0.2) is 20.4 Å². The van der Waals surface area contributed by atoms with E-state index in [2.05, 4.69) is 173 Å². The molecular weight excluding hydrogens is 745 g/mol. The number of hydrogen-bond donors (Lipinski definition) is 0. The number of rotatable bonds is 4. The standard InChI is InChI=1S/C56H34N4O/c1-2-11-33(12-3-1)46-32-47(58-56(57-46)36-24-28-53-45(29-36)39-14-6-9-20-52(39)61-53)34-21-25-37(26-22-34)59-49-19-8-5-15-42(49)54-43-31-44-41-17-10-16-40-38-13-4-7-18-48(38)60(55(40)41)51(44)30-35(43)23-27-50(54)59/h1-32,50,54H. The summed E-state index contributed by atoms with van der Waals surface area (Å²) in [4.78, 5) is 12.9. The molecule has 61 heavy (non-hydrogen) atoms. The fourth-order valence-electron chi connectivity index (χ4n) is 10.6. The van der Waals surface area contributed by atoms with Crippen molar-refractivity contribution < 1.29 is 4.42 Å². The molecule has 2 atom stereocenters. The maximum absolute atomic E-state index is 6.16. The lowest BCUT2D eigenvalue weighted by atomic mass is 9.80. The molecule has 14 rings (SSSR count). The molecule has 5 heteroatoms. The molecule has 8 aromatic carbocycles. The average Bonchev–Trinajstić information content (AvgIpc) is 4.07. The van der Waals surface area contributed by atoms with Gasteiger partial charge in [0.15, 0.2) is 5.82 Å².